The predicted octanol–water partition coefficient (Wildman–Crippen LogP) is 2.64. The van der Waals surface area contributed by atoms with Crippen molar-refractivity contribution < 1.29 is 9.53 Å². The van der Waals surface area contributed by atoms with Gasteiger partial charge in [0.1, 0.15) is 0 Å². The molecule has 1 saturated carbocycles. The zero-order valence-corrected chi connectivity index (χ0v) is 12.8. The molecule has 1 unspecified atom stereocenters. The Balaban J connectivity index is 1.81. The highest BCUT2D eigenvalue weighted by Gasteiger charge is 2.42. The monoisotopic (exact) mass is 291 g/mol. The van der Waals surface area contributed by atoms with Gasteiger partial charge in [-0.05, 0) is 49.3 Å². The molecule has 4 N–H and O–H groups in total. The first-order chi connectivity index (χ1) is 10.0. The second kappa shape index (κ2) is 6.91. The molecule has 5 heteroatoms. The van der Waals surface area contributed by atoms with Crippen LogP contribution in [0.5, 0.6) is 0 Å². The second-order valence-electron chi connectivity index (χ2n) is 5.96. The molecule has 1 aliphatic carbocycles. The van der Waals surface area contributed by atoms with E-state index >= 15 is 0 Å². The van der Waals surface area contributed by atoms with Crippen molar-refractivity contribution in [3.63, 3.8) is 0 Å². The predicted molar refractivity (Wildman–Crippen MR) is 84.2 cm³/mol. The molecule has 0 bridgehead atoms. The van der Waals surface area contributed by atoms with Gasteiger partial charge in [-0.1, -0.05) is 12.1 Å². The number of nitrogens with one attached hydrogen (secondary N) is 2. The fraction of sp³-hybridized carbons (Fsp3) is 0.562. The van der Waals surface area contributed by atoms with Crippen molar-refractivity contribution in [1.29, 1.82) is 0 Å². The summed E-state index contributed by atoms with van der Waals surface area (Å²) in [5, 5.41) is 5.81. The van der Waals surface area contributed by atoms with Crippen LogP contribution in [0.25, 0.3) is 0 Å². The Hall–Kier alpha value is -1.59. The van der Waals surface area contributed by atoms with E-state index in [4.69, 9.17) is 10.5 Å². The third-order valence-electron chi connectivity index (χ3n) is 4.09. The molecule has 0 aromatic heterocycles. The smallest absolute Gasteiger partial charge is 0.319 e. The first-order valence-corrected chi connectivity index (χ1v) is 7.44. The molecule has 1 aromatic carbocycles. The van der Waals surface area contributed by atoms with Gasteiger partial charge in [-0.3, -0.25) is 0 Å². The Bertz CT molecular complexity index is 484. The molecule has 0 saturated heterocycles. The number of ether oxygens (including phenoxy) is 1. The number of anilines is 1. The van der Waals surface area contributed by atoms with Gasteiger partial charge in [-0.25, -0.2) is 4.79 Å². The van der Waals surface area contributed by atoms with Crippen LogP contribution in [0.1, 0.15) is 37.8 Å². The number of benzene rings is 1. The number of rotatable bonds is 7. The summed E-state index contributed by atoms with van der Waals surface area (Å²) in [5.41, 5.74) is 7.87. The van der Waals surface area contributed by atoms with E-state index in [0.29, 0.717) is 6.54 Å². The van der Waals surface area contributed by atoms with E-state index in [1.807, 2.05) is 31.2 Å². The van der Waals surface area contributed by atoms with Crippen molar-refractivity contribution in [2.75, 3.05) is 25.6 Å². The van der Waals surface area contributed by atoms with Gasteiger partial charge in [-0.15, -0.1) is 0 Å². The van der Waals surface area contributed by atoms with E-state index in [2.05, 4.69) is 10.6 Å². The largest absolute Gasteiger partial charge is 0.385 e. The third-order valence-corrected chi connectivity index (χ3v) is 4.09. The number of hydrogen-bond donors (Lipinski definition) is 3. The van der Waals surface area contributed by atoms with Gasteiger partial charge in [0.2, 0.25) is 0 Å². The number of carbonyl (C=O) groups is 1. The van der Waals surface area contributed by atoms with Crippen LogP contribution < -0.4 is 16.4 Å². The molecular formula is C16H25N3O2. The quantitative estimate of drug-likeness (QED) is 0.723. The average molecular weight is 291 g/mol. The van der Waals surface area contributed by atoms with Crippen LogP contribution in [0.15, 0.2) is 24.3 Å². The van der Waals surface area contributed by atoms with Gasteiger partial charge in [-0.2, -0.15) is 0 Å². The van der Waals surface area contributed by atoms with Gasteiger partial charge >= 0.3 is 6.03 Å². The Morgan fingerprint density at radius 2 is 2.24 bits per heavy atom. The van der Waals surface area contributed by atoms with E-state index in [0.717, 1.165) is 37.1 Å². The van der Waals surface area contributed by atoms with E-state index in [1.54, 1.807) is 7.11 Å². The number of carbonyl (C=O) groups excluding carboxylic acids is 1. The van der Waals surface area contributed by atoms with Gasteiger partial charge in [0.25, 0.3) is 0 Å². The molecule has 116 valence electrons. The lowest BCUT2D eigenvalue weighted by molar-refractivity contribution is 0.171. The minimum Gasteiger partial charge on any atom is -0.385 e. The van der Waals surface area contributed by atoms with E-state index in [9.17, 15) is 4.79 Å². The van der Waals surface area contributed by atoms with Crippen molar-refractivity contribution in [3.8, 4) is 0 Å². The number of amides is 2. The summed E-state index contributed by atoms with van der Waals surface area (Å²) >= 11 is 0. The lowest BCUT2D eigenvalue weighted by atomic mass is 10.0. The Morgan fingerprint density at radius 1 is 1.48 bits per heavy atom. The molecule has 0 radical (unpaired) electrons. The summed E-state index contributed by atoms with van der Waals surface area (Å²) in [6.45, 7) is 3.38. The fourth-order valence-electron chi connectivity index (χ4n) is 2.35. The molecular weight excluding hydrogens is 266 g/mol. The normalized spacial score (nSPS) is 17.1. The SMILES string of the molecule is COCCC1(CNC(=O)Nc2cccc(C(C)N)c2)CC1. The fourth-order valence-corrected chi connectivity index (χ4v) is 2.35. The average Bonchev–Trinajstić information content (AvgIpc) is 3.24. The molecule has 1 atom stereocenters. The highest BCUT2D eigenvalue weighted by molar-refractivity contribution is 5.89. The summed E-state index contributed by atoms with van der Waals surface area (Å²) in [6, 6.07) is 7.41. The summed E-state index contributed by atoms with van der Waals surface area (Å²) in [4.78, 5) is 12.0. The summed E-state index contributed by atoms with van der Waals surface area (Å²) in [5.74, 6) is 0. The highest BCUT2D eigenvalue weighted by atomic mass is 16.5. The maximum atomic E-state index is 12.0. The molecule has 0 heterocycles. The van der Waals surface area contributed by atoms with Crippen LogP contribution in [0.2, 0.25) is 0 Å². The third kappa shape index (κ3) is 4.72. The number of hydrogen-bond acceptors (Lipinski definition) is 3. The zero-order chi connectivity index (χ0) is 15.3. The number of methoxy groups -OCH3 is 1. The van der Waals surface area contributed by atoms with Gasteiger partial charge in [0.15, 0.2) is 0 Å². The van der Waals surface area contributed by atoms with Crippen molar-refractivity contribution in [2.45, 2.75) is 32.2 Å². The maximum absolute atomic E-state index is 12.0. The minimum absolute atomic E-state index is 0.0430. The van der Waals surface area contributed by atoms with E-state index in [-0.39, 0.29) is 17.5 Å². The summed E-state index contributed by atoms with van der Waals surface area (Å²) < 4.78 is 5.12. The lowest BCUT2D eigenvalue weighted by Crippen LogP contribution is -2.34. The number of urea groups is 1. The van der Waals surface area contributed by atoms with Gasteiger partial charge in [0.05, 0.1) is 0 Å². The molecule has 1 aliphatic rings. The molecule has 2 rings (SSSR count). The topological polar surface area (TPSA) is 76.4 Å². The Kier molecular flexibility index (Phi) is 5.20. The molecule has 1 fully saturated rings. The van der Waals surface area contributed by atoms with Crippen molar-refractivity contribution >= 4 is 11.7 Å². The van der Waals surface area contributed by atoms with E-state index in [1.165, 1.54) is 0 Å². The molecule has 5 nitrogen and oxygen atoms in total. The highest BCUT2D eigenvalue weighted by Crippen LogP contribution is 2.48. The maximum Gasteiger partial charge on any atom is 0.319 e. The molecule has 0 spiro atoms. The van der Waals surface area contributed by atoms with Gasteiger partial charge in [0, 0.05) is 32.0 Å². The summed E-state index contributed by atoms with van der Waals surface area (Å²) in [7, 11) is 1.71. The van der Waals surface area contributed by atoms with Crippen molar-refractivity contribution in [3.05, 3.63) is 29.8 Å². The first-order valence-electron chi connectivity index (χ1n) is 7.44. The van der Waals surface area contributed by atoms with Gasteiger partial charge < -0.3 is 21.1 Å². The van der Waals surface area contributed by atoms with E-state index < -0.39 is 0 Å². The zero-order valence-electron chi connectivity index (χ0n) is 12.8. The molecule has 1 aromatic rings. The first kappa shape index (κ1) is 15.8. The Labute approximate surface area is 126 Å². The van der Waals surface area contributed by atoms with Crippen molar-refractivity contribution in [1.82, 2.24) is 5.32 Å². The van der Waals surface area contributed by atoms with Crippen LogP contribution in [0, 0.1) is 5.41 Å². The summed E-state index contributed by atoms with van der Waals surface area (Å²) in [6.07, 6.45) is 3.33. The lowest BCUT2D eigenvalue weighted by Gasteiger charge is -2.16. The second-order valence-corrected chi connectivity index (χ2v) is 5.96. The van der Waals surface area contributed by atoms with Crippen LogP contribution in [-0.4, -0.2) is 26.3 Å². The van der Waals surface area contributed by atoms with Crippen molar-refractivity contribution in [2.24, 2.45) is 11.1 Å². The van der Waals surface area contributed by atoms with Crippen LogP contribution in [0.4, 0.5) is 10.5 Å². The van der Waals surface area contributed by atoms with Crippen LogP contribution in [0.3, 0.4) is 0 Å². The molecule has 2 amide bonds. The molecule has 21 heavy (non-hydrogen) atoms. The number of nitrogens with two attached hydrogens (primary N) is 1. The standard InChI is InChI=1S/C16H25N3O2/c1-12(17)13-4-3-5-14(10-13)19-15(20)18-11-16(6-7-16)8-9-21-2/h3-5,10,12H,6-9,11,17H2,1-2H3,(H2,18,19,20). The minimum atomic E-state index is -0.166. The van der Waals surface area contributed by atoms with Crippen LogP contribution in [-0.2, 0) is 4.74 Å². The molecule has 0 aliphatic heterocycles. The van der Waals surface area contributed by atoms with Crippen LogP contribution >= 0.6 is 0 Å². The Morgan fingerprint density at radius 3 is 2.86 bits per heavy atom.